The quantitative estimate of drug-likeness (QED) is 0.681. The first kappa shape index (κ1) is 16.3. The van der Waals surface area contributed by atoms with Crippen LogP contribution < -0.4 is 4.74 Å². The summed E-state index contributed by atoms with van der Waals surface area (Å²) in [5, 5.41) is 0. The van der Waals surface area contributed by atoms with Crippen molar-refractivity contribution < 1.29 is 14.2 Å². The van der Waals surface area contributed by atoms with E-state index in [4.69, 9.17) is 14.2 Å². The highest BCUT2D eigenvalue weighted by Gasteiger charge is 2.29. The summed E-state index contributed by atoms with van der Waals surface area (Å²) in [6.07, 6.45) is 5.05. The lowest BCUT2D eigenvalue weighted by atomic mass is 9.96. The van der Waals surface area contributed by atoms with Crippen molar-refractivity contribution >= 4 is 0 Å². The van der Waals surface area contributed by atoms with Crippen molar-refractivity contribution in [1.29, 1.82) is 0 Å². The SMILES string of the molecule is CCCCCC1COC(c2ccc(OCC)cc2)OC1C. The Bertz CT molecular complexity index is 401. The number of hydrogen-bond donors (Lipinski definition) is 0. The molecular formula is C18H28O3. The Morgan fingerprint density at radius 3 is 2.52 bits per heavy atom. The van der Waals surface area contributed by atoms with Crippen LogP contribution in [0.15, 0.2) is 24.3 Å². The molecule has 1 aliphatic heterocycles. The Kier molecular flexibility index (Phi) is 6.52. The molecule has 0 spiro atoms. The van der Waals surface area contributed by atoms with E-state index in [1.807, 2.05) is 31.2 Å². The van der Waals surface area contributed by atoms with Gasteiger partial charge in [-0.2, -0.15) is 0 Å². The highest BCUT2D eigenvalue weighted by molar-refractivity contribution is 5.28. The Hall–Kier alpha value is -1.06. The van der Waals surface area contributed by atoms with E-state index in [-0.39, 0.29) is 12.4 Å². The third kappa shape index (κ3) is 4.72. The van der Waals surface area contributed by atoms with Crippen LogP contribution >= 0.6 is 0 Å². The predicted octanol–water partition coefficient (Wildman–Crippen LogP) is 4.72. The van der Waals surface area contributed by atoms with Gasteiger partial charge < -0.3 is 14.2 Å². The molecule has 0 radical (unpaired) electrons. The van der Waals surface area contributed by atoms with E-state index in [1.54, 1.807) is 0 Å². The first-order valence-electron chi connectivity index (χ1n) is 8.24. The molecule has 0 N–H and O–H groups in total. The fraction of sp³-hybridized carbons (Fsp3) is 0.667. The number of benzene rings is 1. The molecule has 0 bridgehead atoms. The maximum Gasteiger partial charge on any atom is 0.184 e. The topological polar surface area (TPSA) is 27.7 Å². The van der Waals surface area contributed by atoms with Gasteiger partial charge in [0.25, 0.3) is 0 Å². The molecule has 3 atom stereocenters. The molecule has 3 heteroatoms. The molecule has 1 fully saturated rings. The van der Waals surface area contributed by atoms with Gasteiger partial charge in [-0.15, -0.1) is 0 Å². The first-order chi connectivity index (χ1) is 10.2. The zero-order valence-corrected chi connectivity index (χ0v) is 13.5. The number of rotatable bonds is 7. The molecule has 1 aromatic rings. The van der Waals surface area contributed by atoms with Gasteiger partial charge in [-0.25, -0.2) is 0 Å². The predicted molar refractivity (Wildman–Crippen MR) is 84.5 cm³/mol. The van der Waals surface area contributed by atoms with Crippen molar-refractivity contribution in [3.05, 3.63) is 29.8 Å². The van der Waals surface area contributed by atoms with E-state index in [0.29, 0.717) is 12.5 Å². The standard InChI is InChI=1S/C18H28O3/c1-4-6-7-8-16-13-20-18(21-14(16)3)15-9-11-17(12-10-15)19-5-2/h9-12,14,16,18H,4-8,13H2,1-3H3. The van der Waals surface area contributed by atoms with Crippen LogP contribution in [0, 0.1) is 5.92 Å². The first-order valence-corrected chi connectivity index (χ1v) is 8.24. The fourth-order valence-corrected chi connectivity index (χ4v) is 2.73. The second kappa shape index (κ2) is 8.40. The van der Waals surface area contributed by atoms with Gasteiger partial charge in [-0.3, -0.25) is 0 Å². The third-order valence-corrected chi connectivity index (χ3v) is 4.11. The van der Waals surface area contributed by atoms with Crippen molar-refractivity contribution in [2.45, 2.75) is 58.8 Å². The zero-order valence-electron chi connectivity index (χ0n) is 13.5. The molecule has 1 aromatic carbocycles. The van der Waals surface area contributed by atoms with Crippen LogP contribution in [0.1, 0.15) is 58.3 Å². The highest BCUT2D eigenvalue weighted by atomic mass is 16.7. The molecule has 1 aliphatic rings. The number of hydrogen-bond acceptors (Lipinski definition) is 3. The molecule has 0 aliphatic carbocycles. The average molecular weight is 292 g/mol. The van der Waals surface area contributed by atoms with Crippen LogP contribution in [0.5, 0.6) is 5.75 Å². The lowest BCUT2D eigenvalue weighted by Crippen LogP contribution is -2.34. The summed E-state index contributed by atoms with van der Waals surface area (Å²) in [4.78, 5) is 0. The summed E-state index contributed by atoms with van der Waals surface area (Å²) in [6, 6.07) is 8.01. The van der Waals surface area contributed by atoms with E-state index in [0.717, 1.165) is 17.9 Å². The second-order valence-corrected chi connectivity index (χ2v) is 5.76. The summed E-state index contributed by atoms with van der Waals surface area (Å²) < 4.78 is 17.4. The van der Waals surface area contributed by atoms with Gasteiger partial charge in [0, 0.05) is 11.5 Å². The lowest BCUT2D eigenvalue weighted by Gasteiger charge is -2.35. The highest BCUT2D eigenvalue weighted by Crippen LogP contribution is 2.32. The maximum atomic E-state index is 6.05. The molecule has 0 amide bonds. The molecule has 1 heterocycles. The van der Waals surface area contributed by atoms with Gasteiger partial charge in [-0.1, -0.05) is 38.3 Å². The summed E-state index contributed by atoms with van der Waals surface area (Å²) in [7, 11) is 0. The second-order valence-electron chi connectivity index (χ2n) is 5.76. The minimum absolute atomic E-state index is 0.238. The molecular weight excluding hydrogens is 264 g/mol. The van der Waals surface area contributed by atoms with Crippen molar-refractivity contribution in [3.8, 4) is 5.75 Å². The van der Waals surface area contributed by atoms with Crippen LogP contribution in [0.25, 0.3) is 0 Å². The van der Waals surface area contributed by atoms with Crippen molar-refractivity contribution in [2.75, 3.05) is 13.2 Å². The largest absolute Gasteiger partial charge is 0.494 e. The normalized spacial score (nSPS) is 25.8. The lowest BCUT2D eigenvalue weighted by molar-refractivity contribution is -0.237. The van der Waals surface area contributed by atoms with Gasteiger partial charge >= 0.3 is 0 Å². The fourth-order valence-electron chi connectivity index (χ4n) is 2.73. The molecule has 0 saturated carbocycles. The molecule has 0 aromatic heterocycles. The minimum atomic E-state index is -0.238. The van der Waals surface area contributed by atoms with Gasteiger partial charge in [0.15, 0.2) is 6.29 Å². The summed E-state index contributed by atoms with van der Waals surface area (Å²) in [5.41, 5.74) is 1.07. The van der Waals surface area contributed by atoms with E-state index in [9.17, 15) is 0 Å². The number of ether oxygens (including phenoxy) is 3. The monoisotopic (exact) mass is 292 g/mol. The van der Waals surface area contributed by atoms with E-state index in [2.05, 4.69) is 13.8 Å². The Morgan fingerprint density at radius 2 is 1.90 bits per heavy atom. The van der Waals surface area contributed by atoms with Crippen LogP contribution in [0.2, 0.25) is 0 Å². The minimum Gasteiger partial charge on any atom is -0.494 e. The zero-order chi connectivity index (χ0) is 15.1. The number of unbranched alkanes of at least 4 members (excludes halogenated alkanes) is 2. The van der Waals surface area contributed by atoms with Crippen molar-refractivity contribution in [2.24, 2.45) is 5.92 Å². The smallest absolute Gasteiger partial charge is 0.184 e. The molecule has 118 valence electrons. The Labute approximate surface area is 128 Å². The average Bonchev–Trinajstić information content (AvgIpc) is 2.50. The molecule has 2 rings (SSSR count). The Balaban J connectivity index is 1.86. The molecule has 3 unspecified atom stereocenters. The van der Waals surface area contributed by atoms with Crippen LogP contribution in [-0.2, 0) is 9.47 Å². The van der Waals surface area contributed by atoms with Gasteiger partial charge in [0.2, 0.25) is 0 Å². The maximum absolute atomic E-state index is 6.05. The van der Waals surface area contributed by atoms with Gasteiger partial charge in [0.1, 0.15) is 5.75 Å². The van der Waals surface area contributed by atoms with Crippen molar-refractivity contribution in [3.63, 3.8) is 0 Å². The molecule has 1 saturated heterocycles. The van der Waals surface area contributed by atoms with Crippen LogP contribution in [0.3, 0.4) is 0 Å². The Morgan fingerprint density at radius 1 is 1.14 bits per heavy atom. The van der Waals surface area contributed by atoms with Gasteiger partial charge in [0.05, 0.1) is 19.3 Å². The van der Waals surface area contributed by atoms with Gasteiger partial charge in [-0.05, 0) is 32.4 Å². The van der Waals surface area contributed by atoms with E-state index >= 15 is 0 Å². The van der Waals surface area contributed by atoms with E-state index < -0.39 is 0 Å². The summed E-state index contributed by atoms with van der Waals surface area (Å²) >= 11 is 0. The van der Waals surface area contributed by atoms with Crippen LogP contribution in [0.4, 0.5) is 0 Å². The third-order valence-electron chi connectivity index (χ3n) is 4.11. The molecule has 3 nitrogen and oxygen atoms in total. The summed E-state index contributed by atoms with van der Waals surface area (Å²) in [5.74, 6) is 1.41. The summed E-state index contributed by atoms with van der Waals surface area (Å²) in [6.45, 7) is 7.87. The van der Waals surface area contributed by atoms with Crippen molar-refractivity contribution in [1.82, 2.24) is 0 Å². The van der Waals surface area contributed by atoms with Crippen LogP contribution in [-0.4, -0.2) is 19.3 Å². The molecule has 21 heavy (non-hydrogen) atoms. The van der Waals surface area contributed by atoms with E-state index in [1.165, 1.54) is 25.7 Å².